The number of aromatic amines is 1. The number of hydrogen-bond acceptors (Lipinski definition) is 6. The number of anilines is 1. The van der Waals surface area contributed by atoms with Crippen LogP contribution in [0.1, 0.15) is 11.5 Å². The van der Waals surface area contributed by atoms with Crippen LogP contribution in [0.25, 0.3) is 0 Å². The van der Waals surface area contributed by atoms with E-state index in [1.807, 2.05) is 6.92 Å². The van der Waals surface area contributed by atoms with Crippen LogP contribution in [0.5, 0.6) is 5.75 Å². The Kier molecular flexibility index (Phi) is 3.52. The quantitative estimate of drug-likeness (QED) is 0.816. The molecule has 0 saturated carbocycles. The van der Waals surface area contributed by atoms with E-state index < -0.39 is 0 Å². The van der Waals surface area contributed by atoms with E-state index in [4.69, 9.17) is 4.74 Å². The Balaban J connectivity index is 2.16. The highest BCUT2D eigenvalue weighted by atomic mass is 16.5. The fraction of sp³-hybridized carbons (Fsp3) is 0.273. The second-order valence-corrected chi connectivity index (χ2v) is 3.56. The van der Waals surface area contributed by atoms with Crippen LogP contribution in [-0.4, -0.2) is 27.0 Å². The van der Waals surface area contributed by atoms with E-state index in [1.54, 1.807) is 12.3 Å². The summed E-state index contributed by atoms with van der Waals surface area (Å²) >= 11 is 0. The second-order valence-electron chi connectivity index (χ2n) is 3.56. The van der Waals surface area contributed by atoms with Crippen LogP contribution in [0.2, 0.25) is 0 Å². The largest absolute Gasteiger partial charge is 0.489 e. The SMILES string of the molecule is COc1c(NCc2ccnc(C)n2)nc[nH]c1=O. The molecule has 0 fully saturated rings. The minimum Gasteiger partial charge on any atom is -0.489 e. The molecule has 0 spiro atoms. The van der Waals surface area contributed by atoms with E-state index in [1.165, 1.54) is 13.4 Å². The Morgan fingerprint density at radius 2 is 2.28 bits per heavy atom. The summed E-state index contributed by atoms with van der Waals surface area (Å²) in [4.78, 5) is 26.2. The fourth-order valence-electron chi connectivity index (χ4n) is 1.48. The lowest BCUT2D eigenvalue weighted by Crippen LogP contribution is -2.14. The molecule has 2 N–H and O–H groups in total. The molecule has 2 aromatic heterocycles. The zero-order valence-electron chi connectivity index (χ0n) is 10.1. The zero-order valence-corrected chi connectivity index (χ0v) is 10.1. The van der Waals surface area contributed by atoms with Crippen molar-refractivity contribution in [3.63, 3.8) is 0 Å². The molecule has 94 valence electrons. The third-order valence-corrected chi connectivity index (χ3v) is 2.29. The number of H-pyrrole nitrogens is 1. The summed E-state index contributed by atoms with van der Waals surface area (Å²) in [5.74, 6) is 1.24. The maximum Gasteiger partial charge on any atom is 0.295 e. The van der Waals surface area contributed by atoms with Crippen molar-refractivity contribution in [3.05, 3.63) is 40.5 Å². The first-order valence-electron chi connectivity index (χ1n) is 5.35. The van der Waals surface area contributed by atoms with E-state index in [2.05, 4.69) is 25.3 Å². The topological polar surface area (TPSA) is 92.8 Å². The average molecular weight is 247 g/mol. The molecular weight excluding hydrogens is 234 g/mol. The number of rotatable bonds is 4. The lowest BCUT2D eigenvalue weighted by atomic mass is 10.4. The Hall–Kier alpha value is -2.44. The van der Waals surface area contributed by atoms with Gasteiger partial charge in [-0.1, -0.05) is 0 Å². The molecule has 0 aliphatic carbocycles. The van der Waals surface area contributed by atoms with Crippen molar-refractivity contribution < 1.29 is 4.74 Å². The molecule has 2 aromatic rings. The lowest BCUT2D eigenvalue weighted by Gasteiger charge is -2.08. The summed E-state index contributed by atoms with van der Waals surface area (Å²) in [5, 5.41) is 3.00. The minimum atomic E-state index is -0.325. The summed E-state index contributed by atoms with van der Waals surface area (Å²) in [5.41, 5.74) is 0.487. The Labute approximate surface area is 103 Å². The third-order valence-electron chi connectivity index (χ3n) is 2.29. The average Bonchev–Trinajstić information content (AvgIpc) is 2.36. The van der Waals surface area contributed by atoms with Crippen LogP contribution in [0.4, 0.5) is 5.82 Å². The predicted molar refractivity (Wildman–Crippen MR) is 65.5 cm³/mol. The fourth-order valence-corrected chi connectivity index (χ4v) is 1.48. The van der Waals surface area contributed by atoms with E-state index in [-0.39, 0.29) is 11.3 Å². The van der Waals surface area contributed by atoms with Gasteiger partial charge in [0.1, 0.15) is 5.82 Å². The van der Waals surface area contributed by atoms with Gasteiger partial charge in [-0.2, -0.15) is 0 Å². The zero-order chi connectivity index (χ0) is 13.0. The highest BCUT2D eigenvalue weighted by Crippen LogP contribution is 2.14. The molecule has 0 aliphatic rings. The smallest absolute Gasteiger partial charge is 0.295 e. The first-order valence-corrected chi connectivity index (χ1v) is 5.35. The first-order chi connectivity index (χ1) is 8.70. The molecule has 0 aliphatic heterocycles. The van der Waals surface area contributed by atoms with Gasteiger partial charge < -0.3 is 15.0 Å². The summed E-state index contributed by atoms with van der Waals surface area (Å²) in [6.07, 6.45) is 3.00. The summed E-state index contributed by atoms with van der Waals surface area (Å²) < 4.78 is 4.99. The van der Waals surface area contributed by atoms with Crippen molar-refractivity contribution in [3.8, 4) is 5.75 Å². The van der Waals surface area contributed by atoms with Gasteiger partial charge in [0.15, 0.2) is 5.82 Å². The molecule has 0 bridgehead atoms. The lowest BCUT2D eigenvalue weighted by molar-refractivity contribution is 0.408. The maximum absolute atomic E-state index is 11.5. The van der Waals surface area contributed by atoms with Crippen LogP contribution >= 0.6 is 0 Å². The molecule has 0 unspecified atom stereocenters. The molecule has 18 heavy (non-hydrogen) atoms. The summed E-state index contributed by atoms with van der Waals surface area (Å²) in [7, 11) is 1.42. The minimum absolute atomic E-state index is 0.156. The van der Waals surface area contributed by atoms with Crippen molar-refractivity contribution in [2.45, 2.75) is 13.5 Å². The normalized spacial score (nSPS) is 10.1. The highest BCUT2D eigenvalue weighted by Gasteiger charge is 2.08. The molecular formula is C11H13N5O2. The predicted octanol–water partition coefficient (Wildman–Crippen LogP) is 0.489. The van der Waals surface area contributed by atoms with Gasteiger partial charge in [-0.05, 0) is 13.0 Å². The van der Waals surface area contributed by atoms with Crippen molar-refractivity contribution >= 4 is 5.82 Å². The van der Waals surface area contributed by atoms with Crippen LogP contribution < -0.4 is 15.6 Å². The molecule has 0 saturated heterocycles. The van der Waals surface area contributed by atoms with Crippen molar-refractivity contribution in [1.29, 1.82) is 0 Å². The van der Waals surface area contributed by atoms with Gasteiger partial charge >= 0.3 is 0 Å². The van der Waals surface area contributed by atoms with E-state index in [0.717, 1.165) is 5.69 Å². The highest BCUT2D eigenvalue weighted by molar-refractivity contribution is 5.47. The standard InChI is InChI=1S/C11H13N5O2/c1-7-12-4-3-8(16-7)5-13-10-9(18-2)11(17)15-6-14-10/h3-4,6H,5H2,1-2H3,(H2,13,14,15,17). The van der Waals surface area contributed by atoms with Gasteiger partial charge in [-0.3, -0.25) is 4.79 Å². The van der Waals surface area contributed by atoms with Crippen molar-refractivity contribution in [2.75, 3.05) is 12.4 Å². The Morgan fingerprint density at radius 1 is 1.44 bits per heavy atom. The van der Waals surface area contributed by atoms with E-state index >= 15 is 0 Å². The first kappa shape index (κ1) is 12.0. The van der Waals surface area contributed by atoms with E-state index in [9.17, 15) is 4.79 Å². The van der Waals surface area contributed by atoms with Crippen LogP contribution in [-0.2, 0) is 6.54 Å². The van der Waals surface area contributed by atoms with Crippen LogP contribution in [0, 0.1) is 6.92 Å². The van der Waals surface area contributed by atoms with Gasteiger partial charge in [0, 0.05) is 6.20 Å². The van der Waals surface area contributed by atoms with Crippen molar-refractivity contribution in [1.82, 2.24) is 19.9 Å². The van der Waals surface area contributed by atoms with Gasteiger partial charge in [-0.25, -0.2) is 15.0 Å². The number of nitrogens with zero attached hydrogens (tertiary/aromatic N) is 3. The molecule has 0 radical (unpaired) electrons. The molecule has 0 amide bonds. The number of ether oxygens (including phenoxy) is 1. The number of hydrogen-bond donors (Lipinski definition) is 2. The van der Waals surface area contributed by atoms with Gasteiger partial charge in [0.05, 0.1) is 25.7 Å². The van der Waals surface area contributed by atoms with Crippen LogP contribution in [0.3, 0.4) is 0 Å². The number of aryl methyl sites for hydroxylation is 1. The number of nitrogens with one attached hydrogen (secondary N) is 2. The van der Waals surface area contributed by atoms with Crippen molar-refractivity contribution in [2.24, 2.45) is 0 Å². The molecule has 0 aromatic carbocycles. The van der Waals surface area contributed by atoms with E-state index in [0.29, 0.717) is 18.2 Å². The van der Waals surface area contributed by atoms with Crippen LogP contribution in [0.15, 0.2) is 23.4 Å². The van der Waals surface area contributed by atoms with Gasteiger partial charge in [0.25, 0.3) is 5.56 Å². The monoisotopic (exact) mass is 247 g/mol. The molecule has 0 atom stereocenters. The summed E-state index contributed by atoms with van der Waals surface area (Å²) in [6.45, 7) is 2.26. The number of methoxy groups -OCH3 is 1. The Bertz CT molecular complexity index is 596. The Morgan fingerprint density at radius 3 is 3.00 bits per heavy atom. The second kappa shape index (κ2) is 5.26. The molecule has 2 rings (SSSR count). The molecule has 2 heterocycles. The summed E-state index contributed by atoms with van der Waals surface area (Å²) in [6, 6.07) is 1.79. The third kappa shape index (κ3) is 2.62. The number of aromatic nitrogens is 4. The van der Waals surface area contributed by atoms with Gasteiger partial charge in [-0.15, -0.1) is 0 Å². The maximum atomic E-state index is 11.5. The van der Waals surface area contributed by atoms with Gasteiger partial charge in [0.2, 0.25) is 5.75 Å². The molecule has 7 heteroatoms. The molecule has 7 nitrogen and oxygen atoms in total.